The largest absolute Gasteiger partial charge is 0.472 e. The van der Waals surface area contributed by atoms with Gasteiger partial charge >= 0.3 is 0 Å². The summed E-state index contributed by atoms with van der Waals surface area (Å²) in [6.07, 6.45) is 2.75. The number of amides is 2. The molecule has 2 rings (SSSR count). The number of aryl methyl sites for hydroxylation is 1. The molecule has 2 aromatic rings. The second-order valence-electron chi connectivity index (χ2n) is 5.83. The Balaban J connectivity index is 1.97. The van der Waals surface area contributed by atoms with Crippen molar-refractivity contribution in [2.75, 3.05) is 26.0 Å². The molecule has 140 valence electrons. The standard InChI is InChI=1S/C17H21N3O5S/c1-12-4-5-14(26(23,24)20(2)3)10-15(12)19-16(21)6-8-18-17(22)13-7-9-25-11-13/h4-5,7,9-11H,6,8H2,1-3H3,(H,18,22)(H,19,21). The number of nitrogens with one attached hydrogen (secondary N) is 2. The van der Waals surface area contributed by atoms with Crippen LogP contribution in [-0.4, -0.2) is 45.2 Å². The van der Waals surface area contributed by atoms with Crippen molar-refractivity contribution in [1.29, 1.82) is 0 Å². The summed E-state index contributed by atoms with van der Waals surface area (Å²) in [5, 5.41) is 5.28. The minimum absolute atomic E-state index is 0.0493. The number of furan rings is 1. The fourth-order valence-corrected chi connectivity index (χ4v) is 3.03. The van der Waals surface area contributed by atoms with Gasteiger partial charge in [-0.2, -0.15) is 0 Å². The van der Waals surface area contributed by atoms with Crippen molar-refractivity contribution in [2.45, 2.75) is 18.2 Å². The fraction of sp³-hybridized carbons (Fsp3) is 0.294. The lowest BCUT2D eigenvalue weighted by atomic mass is 10.2. The predicted molar refractivity (Wildman–Crippen MR) is 96.3 cm³/mol. The SMILES string of the molecule is Cc1ccc(S(=O)(=O)N(C)C)cc1NC(=O)CCNC(=O)c1ccoc1. The van der Waals surface area contributed by atoms with E-state index in [1.165, 1.54) is 44.8 Å². The molecule has 8 nitrogen and oxygen atoms in total. The van der Waals surface area contributed by atoms with Crippen LogP contribution in [-0.2, 0) is 14.8 Å². The van der Waals surface area contributed by atoms with Crippen LogP contribution in [0.15, 0.2) is 46.1 Å². The van der Waals surface area contributed by atoms with Gasteiger partial charge in [0.2, 0.25) is 15.9 Å². The molecule has 9 heteroatoms. The van der Waals surface area contributed by atoms with Crippen molar-refractivity contribution in [2.24, 2.45) is 0 Å². The van der Waals surface area contributed by atoms with Crippen LogP contribution < -0.4 is 10.6 Å². The topological polar surface area (TPSA) is 109 Å². The predicted octanol–water partition coefficient (Wildman–Crippen LogP) is 1.60. The van der Waals surface area contributed by atoms with E-state index >= 15 is 0 Å². The van der Waals surface area contributed by atoms with Crippen LogP contribution in [0.2, 0.25) is 0 Å². The molecule has 0 aliphatic carbocycles. The molecular weight excluding hydrogens is 358 g/mol. The van der Waals surface area contributed by atoms with Crippen LogP contribution in [0, 0.1) is 6.92 Å². The van der Waals surface area contributed by atoms with Crippen LogP contribution in [0.1, 0.15) is 22.3 Å². The van der Waals surface area contributed by atoms with E-state index in [0.29, 0.717) is 11.3 Å². The van der Waals surface area contributed by atoms with Crippen molar-refractivity contribution >= 4 is 27.5 Å². The van der Waals surface area contributed by atoms with Gasteiger partial charge in [-0.15, -0.1) is 0 Å². The lowest BCUT2D eigenvalue weighted by Crippen LogP contribution is -2.27. The molecule has 0 unspecified atom stereocenters. The zero-order valence-electron chi connectivity index (χ0n) is 14.8. The number of anilines is 1. The third kappa shape index (κ3) is 4.70. The normalized spacial score (nSPS) is 11.4. The Bertz CT molecular complexity index is 889. The van der Waals surface area contributed by atoms with Gasteiger partial charge in [0.1, 0.15) is 6.26 Å². The van der Waals surface area contributed by atoms with Gasteiger partial charge < -0.3 is 15.1 Å². The first-order valence-corrected chi connectivity index (χ1v) is 9.29. The maximum absolute atomic E-state index is 12.2. The Morgan fingerprint density at radius 1 is 1.19 bits per heavy atom. The Morgan fingerprint density at radius 3 is 2.54 bits per heavy atom. The Labute approximate surface area is 152 Å². The van der Waals surface area contributed by atoms with Crippen molar-refractivity contribution in [3.63, 3.8) is 0 Å². The Kier molecular flexibility index (Phi) is 6.17. The molecule has 0 fully saturated rings. The first-order valence-electron chi connectivity index (χ1n) is 7.85. The molecule has 0 saturated heterocycles. The van der Waals surface area contributed by atoms with Crippen molar-refractivity contribution in [3.05, 3.63) is 47.9 Å². The maximum Gasteiger partial charge on any atom is 0.254 e. The highest BCUT2D eigenvalue weighted by atomic mass is 32.2. The van der Waals surface area contributed by atoms with Gasteiger partial charge in [-0.3, -0.25) is 9.59 Å². The highest BCUT2D eigenvalue weighted by Crippen LogP contribution is 2.22. The average molecular weight is 379 g/mol. The van der Waals surface area contributed by atoms with Crippen LogP contribution in [0.4, 0.5) is 5.69 Å². The molecule has 1 aromatic carbocycles. The summed E-state index contributed by atoms with van der Waals surface area (Å²) >= 11 is 0. The van der Waals surface area contributed by atoms with Gasteiger partial charge in [-0.05, 0) is 30.7 Å². The van der Waals surface area contributed by atoms with E-state index in [2.05, 4.69) is 10.6 Å². The number of sulfonamides is 1. The van der Waals surface area contributed by atoms with Gasteiger partial charge in [0.15, 0.2) is 0 Å². The molecule has 1 aromatic heterocycles. The number of benzene rings is 1. The zero-order valence-corrected chi connectivity index (χ0v) is 15.6. The lowest BCUT2D eigenvalue weighted by Gasteiger charge is -2.14. The minimum Gasteiger partial charge on any atom is -0.472 e. The summed E-state index contributed by atoms with van der Waals surface area (Å²) in [5.74, 6) is -0.665. The third-order valence-electron chi connectivity index (χ3n) is 3.68. The minimum atomic E-state index is -3.59. The molecule has 1 heterocycles. The molecule has 0 aliphatic heterocycles. The number of hydrogen-bond donors (Lipinski definition) is 2. The number of nitrogens with zero attached hydrogens (tertiary/aromatic N) is 1. The van der Waals surface area contributed by atoms with Crippen molar-refractivity contribution in [1.82, 2.24) is 9.62 Å². The number of carbonyl (C=O) groups excluding carboxylic acids is 2. The van der Waals surface area contributed by atoms with Crippen LogP contribution in [0.3, 0.4) is 0 Å². The molecule has 0 radical (unpaired) electrons. The van der Waals surface area contributed by atoms with E-state index in [9.17, 15) is 18.0 Å². The summed E-state index contributed by atoms with van der Waals surface area (Å²) < 4.78 is 30.3. The summed E-state index contributed by atoms with van der Waals surface area (Å²) in [4.78, 5) is 23.9. The Hall–Kier alpha value is -2.65. The highest BCUT2D eigenvalue weighted by Gasteiger charge is 2.18. The smallest absolute Gasteiger partial charge is 0.254 e. The quantitative estimate of drug-likeness (QED) is 0.759. The van der Waals surface area contributed by atoms with Gasteiger partial charge in [0.05, 0.1) is 16.7 Å². The van der Waals surface area contributed by atoms with Crippen LogP contribution >= 0.6 is 0 Å². The van der Waals surface area contributed by atoms with Gasteiger partial charge in [0, 0.05) is 32.7 Å². The molecular formula is C17H21N3O5S. The van der Waals surface area contributed by atoms with E-state index in [1.807, 2.05) is 0 Å². The second kappa shape index (κ2) is 8.15. The van der Waals surface area contributed by atoms with Crippen LogP contribution in [0.5, 0.6) is 0 Å². The van der Waals surface area contributed by atoms with E-state index in [-0.39, 0.29) is 29.7 Å². The summed E-state index contributed by atoms with van der Waals surface area (Å²) in [6, 6.07) is 6.07. The van der Waals surface area contributed by atoms with E-state index < -0.39 is 10.0 Å². The molecule has 0 saturated carbocycles. The van der Waals surface area contributed by atoms with Gasteiger partial charge in [0.25, 0.3) is 5.91 Å². The number of rotatable bonds is 7. The molecule has 0 aliphatic rings. The summed E-state index contributed by atoms with van der Waals surface area (Å²) in [7, 11) is -0.708. The maximum atomic E-state index is 12.2. The number of carbonyl (C=O) groups is 2. The summed E-state index contributed by atoms with van der Waals surface area (Å²) in [5.41, 5.74) is 1.53. The zero-order chi connectivity index (χ0) is 19.3. The van der Waals surface area contributed by atoms with Crippen molar-refractivity contribution in [3.8, 4) is 0 Å². The molecule has 2 amide bonds. The van der Waals surface area contributed by atoms with Gasteiger partial charge in [-0.25, -0.2) is 12.7 Å². The van der Waals surface area contributed by atoms with E-state index in [0.717, 1.165) is 9.87 Å². The molecule has 0 spiro atoms. The summed E-state index contributed by atoms with van der Waals surface area (Å²) in [6.45, 7) is 1.91. The highest BCUT2D eigenvalue weighted by molar-refractivity contribution is 7.89. The molecule has 2 N–H and O–H groups in total. The third-order valence-corrected chi connectivity index (χ3v) is 5.49. The average Bonchev–Trinajstić information content (AvgIpc) is 3.11. The first-order chi connectivity index (χ1) is 12.2. The van der Waals surface area contributed by atoms with E-state index in [1.54, 1.807) is 13.0 Å². The fourth-order valence-electron chi connectivity index (χ4n) is 2.11. The second-order valence-corrected chi connectivity index (χ2v) is 7.98. The molecule has 0 atom stereocenters. The van der Waals surface area contributed by atoms with Gasteiger partial charge in [-0.1, -0.05) is 6.07 Å². The van der Waals surface area contributed by atoms with Crippen molar-refractivity contribution < 1.29 is 22.4 Å². The lowest BCUT2D eigenvalue weighted by molar-refractivity contribution is -0.116. The monoisotopic (exact) mass is 379 g/mol. The Morgan fingerprint density at radius 2 is 1.92 bits per heavy atom. The van der Waals surface area contributed by atoms with Crippen LogP contribution in [0.25, 0.3) is 0 Å². The van der Waals surface area contributed by atoms with E-state index in [4.69, 9.17) is 4.42 Å². The molecule has 0 bridgehead atoms. The first kappa shape index (κ1) is 19.7. The molecule has 26 heavy (non-hydrogen) atoms. The number of hydrogen-bond acceptors (Lipinski definition) is 5.